The van der Waals surface area contributed by atoms with Crippen LogP contribution in [-0.2, 0) is 16.6 Å². The zero-order chi connectivity index (χ0) is 15.4. The highest BCUT2D eigenvalue weighted by Gasteiger charge is 2.21. The Balaban J connectivity index is 2.54. The monoisotopic (exact) mass is 364 g/mol. The van der Waals surface area contributed by atoms with Crippen LogP contribution in [0, 0.1) is 0 Å². The van der Waals surface area contributed by atoms with Crippen molar-refractivity contribution in [2.75, 3.05) is 19.9 Å². The van der Waals surface area contributed by atoms with E-state index in [1.54, 1.807) is 7.11 Å². The van der Waals surface area contributed by atoms with Crippen molar-refractivity contribution in [2.45, 2.75) is 25.9 Å². The van der Waals surface area contributed by atoms with Crippen LogP contribution in [0.2, 0.25) is 0 Å². The third kappa shape index (κ3) is 6.21. The Kier molecular flexibility index (Phi) is 6.00. The van der Waals surface area contributed by atoms with Gasteiger partial charge in [-0.05, 0) is 47.5 Å². The Hall–Kier alpha value is -0.630. The molecule has 0 atom stereocenters. The molecule has 0 aliphatic rings. The molecule has 20 heavy (non-hydrogen) atoms. The summed E-state index contributed by atoms with van der Waals surface area (Å²) in [6, 6.07) is 5.83. The second-order valence-electron chi connectivity index (χ2n) is 5.33. The molecular formula is C13H21BrN2O3S. The normalized spacial score (nSPS) is 12.4. The van der Waals surface area contributed by atoms with Gasteiger partial charge >= 0.3 is 0 Å². The highest BCUT2D eigenvalue weighted by atomic mass is 79.9. The third-order valence-electron chi connectivity index (χ3n) is 2.57. The van der Waals surface area contributed by atoms with E-state index in [0.29, 0.717) is 13.1 Å². The van der Waals surface area contributed by atoms with Gasteiger partial charge in [0.25, 0.3) is 0 Å². The number of sulfonamides is 1. The smallest absolute Gasteiger partial charge is 0.209 e. The summed E-state index contributed by atoms with van der Waals surface area (Å²) in [5.41, 5.74) is 0.560. The van der Waals surface area contributed by atoms with Gasteiger partial charge in [0.1, 0.15) is 5.75 Å². The zero-order valence-corrected chi connectivity index (χ0v) is 14.6. The number of benzene rings is 1. The summed E-state index contributed by atoms with van der Waals surface area (Å²) in [4.78, 5) is 0. The van der Waals surface area contributed by atoms with E-state index in [4.69, 9.17) is 4.74 Å². The van der Waals surface area contributed by atoms with Gasteiger partial charge in [0.05, 0.1) is 17.8 Å². The molecule has 7 heteroatoms. The van der Waals surface area contributed by atoms with Gasteiger partial charge in [0, 0.05) is 18.6 Å². The maximum absolute atomic E-state index is 11.2. The van der Waals surface area contributed by atoms with E-state index in [9.17, 15) is 8.42 Å². The van der Waals surface area contributed by atoms with Gasteiger partial charge in [-0.2, -0.15) is 0 Å². The van der Waals surface area contributed by atoms with E-state index in [0.717, 1.165) is 22.0 Å². The van der Waals surface area contributed by atoms with Crippen LogP contribution in [0.4, 0.5) is 0 Å². The number of ether oxygens (including phenoxy) is 1. The number of halogens is 1. The van der Waals surface area contributed by atoms with Crippen LogP contribution in [0.1, 0.15) is 19.4 Å². The minimum absolute atomic E-state index is 0.530. The Morgan fingerprint density at radius 2 is 2.00 bits per heavy atom. The molecule has 1 aromatic rings. The van der Waals surface area contributed by atoms with Crippen molar-refractivity contribution in [3.8, 4) is 5.75 Å². The first-order valence-corrected chi connectivity index (χ1v) is 8.83. The van der Waals surface area contributed by atoms with Crippen LogP contribution < -0.4 is 14.8 Å². The van der Waals surface area contributed by atoms with Gasteiger partial charge in [-0.25, -0.2) is 13.1 Å². The fourth-order valence-corrected chi connectivity index (χ4v) is 3.54. The molecule has 0 aliphatic heterocycles. The first-order valence-electron chi connectivity index (χ1n) is 6.15. The van der Waals surface area contributed by atoms with E-state index >= 15 is 0 Å². The first-order chi connectivity index (χ1) is 9.13. The van der Waals surface area contributed by atoms with Gasteiger partial charge in [0.15, 0.2) is 0 Å². The molecule has 0 heterocycles. The molecule has 1 aromatic carbocycles. The van der Waals surface area contributed by atoms with Crippen LogP contribution >= 0.6 is 15.9 Å². The van der Waals surface area contributed by atoms with Crippen LogP contribution in [-0.4, -0.2) is 33.9 Å². The molecule has 1 rings (SSSR count). The molecule has 5 nitrogen and oxygen atoms in total. The highest BCUT2D eigenvalue weighted by Crippen LogP contribution is 2.25. The van der Waals surface area contributed by atoms with Crippen molar-refractivity contribution < 1.29 is 13.2 Å². The van der Waals surface area contributed by atoms with Gasteiger partial charge in [-0.3, -0.25) is 0 Å². The highest BCUT2D eigenvalue weighted by molar-refractivity contribution is 9.10. The predicted molar refractivity (Wildman–Crippen MR) is 84.5 cm³/mol. The van der Waals surface area contributed by atoms with Crippen molar-refractivity contribution in [1.82, 2.24) is 10.0 Å². The minimum Gasteiger partial charge on any atom is -0.496 e. The summed E-state index contributed by atoms with van der Waals surface area (Å²) in [5, 5.41) is 3.24. The quantitative estimate of drug-likeness (QED) is 0.774. The molecule has 0 spiro atoms. The Morgan fingerprint density at radius 1 is 1.35 bits per heavy atom. The van der Waals surface area contributed by atoms with E-state index in [1.807, 2.05) is 32.0 Å². The Bertz CT molecular complexity index is 559. The largest absolute Gasteiger partial charge is 0.496 e. The maximum atomic E-state index is 11.2. The van der Waals surface area contributed by atoms with Gasteiger partial charge in [-0.1, -0.05) is 6.07 Å². The average Bonchev–Trinajstić information content (AvgIpc) is 2.25. The molecule has 2 N–H and O–H groups in total. The van der Waals surface area contributed by atoms with Crippen molar-refractivity contribution in [2.24, 2.45) is 0 Å². The lowest BCUT2D eigenvalue weighted by Crippen LogP contribution is -2.49. The van der Waals surface area contributed by atoms with Crippen LogP contribution in [0.3, 0.4) is 0 Å². The molecule has 0 aromatic heterocycles. The zero-order valence-electron chi connectivity index (χ0n) is 12.2. The SMILES string of the molecule is COc1ccc(CNCC(C)(C)NS(C)(=O)=O)cc1Br. The lowest BCUT2D eigenvalue weighted by Gasteiger charge is -2.25. The van der Waals surface area contributed by atoms with Crippen molar-refractivity contribution in [3.05, 3.63) is 28.2 Å². The summed E-state index contributed by atoms with van der Waals surface area (Å²) in [5.74, 6) is 0.785. The first kappa shape index (κ1) is 17.4. The third-order valence-corrected chi connectivity index (χ3v) is 4.12. The van der Waals surface area contributed by atoms with Gasteiger partial charge in [-0.15, -0.1) is 0 Å². The molecule has 0 unspecified atom stereocenters. The van der Waals surface area contributed by atoms with E-state index in [2.05, 4.69) is 26.0 Å². The summed E-state index contributed by atoms with van der Waals surface area (Å²) < 4.78 is 31.1. The average molecular weight is 365 g/mol. The van der Waals surface area contributed by atoms with E-state index < -0.39 is 15.6 Å². The molecule has 0 saturated heterocycles. The summed E-state index contributed by atoms with van der Waals surface area (Å²) in [6.45, 7) is 4.86. The van der Waals surface area contributed by atoms with Crippen molar-refractivity contribution in [1.29, 1.82) is 0 Å². The predicted octanol–water partition coefficient (Wildman–Crippen LogP) is 1.88. The summed E-state index contributed by atoms with van der Waals surface area (Å²) in [6.07, 6.45) is 1.16. The molecule has 0 fully saturated rings. The van der Waals surface area contributed by atoms with Gasteiger partial charge in [0.2, 0.25) is 10.0 Å². The lowest BCUT2D eigenvalue weighted by atomic mass is 10.1. The second-order valence-corrected chi connectivity index (χ2v) is 7.93. The van der Waals surface area contributed by atoms with Crippen LogP contribution in [0.25, 0.3) is 0 Å². The number of nitrogens with one attached hydrogen (secondary N) is 2. The number of hydrogen-bond acceptors (Lipinski definition) is 4. The fourth-order valence-electron chi connectivity index (χ4n) is 1.88. The molecule has 114 valence electrons. The number of hydrogen-bond donors (Lipinski definition) is 2. The van der Waals surface area contributed by atoms with Crippen LogP contribution in [0.15, 0.2) is 22.7 Å². The minimum atomic E-state index is -3.21. The molecular weight excluding hydrogens is 344 g/mol. The Labute approximate surface area is 129 Å². The second kappa shape index (κ2) is 6.89. The maximum Gasteiger partial charge on any atom is 0.209 e. The molecule has 0 radical (unpaired) electrons. The Morgan fingerprint density at radius 3 is 2.50 bits per heavy atom. The molecule has 0 saturated carbocycles. The molecule has 0 amide bonds. The fraction of sp³-hybridized carbons (Fsp3) is 0.538. The standard InChI is InChI=1S/C13H21BrN2O3S/c1-13(2,16-20(4,17)18)9-15-8-10-5-6-12(19-3)11(14)7-10/h5-7,15-16H,8-9H2,1-4H3. The van der Waals surface area contributed by atoms with Gasteiger partial charge < -0.3 is 10.1 Å². The molecule has 0 aliphatic carbocycles. The topological polar surface area (TPSA) is 67.4 Å². The van der Waals surface area contributed by atoms with Crippen molar-refractivity contribution in [3.63, 3.8) is 0 Å². The molecule has 0 bridgehead atoms. The number of rotatable bonds is 7. The lowest BCUT2D eigenvalue weighted by molar-refractivity contribution is 0.411. The van der Waals surface area contributed by atoms with Crippen molar-refractivity contribution >= 4 is 26.0 Å². The van der Waals surface area contributed by atoms with E-state index in [1.165, 1.54) is 0 Å². The summed E-state index contributed by atoms with van der Waals surface area (Å²) >= 11 is 3.43. The van der Waals surface area contributed by atoms with E-state index in [-0.39, 0.29) is 0 Å². The van der Waals surface area contributed by atoms with Crippen LogP contribution in [0.5, 0.6) is 5.75 Å². The summed E-state index contributed by atoms with van der Waals surface area (Å²) in [7, 11) is -1.58. The number of methoxy groups -OCH3 is 1.